The molecule has 0 spiro atoms. The molecule has 1 N–H and O–H groups in total. The van der Waals surface area contributed by atoms with Crippen LogP contribution in [0.1, 0.15) is 17.3 Å². The molecule has 0 fully saturated rings. The number of benzene rings is 1. The third-order valence-electron chi connectivity index (χ3n) is 1.12. The van der Waals surface area contributed by atoms with Crippen molar-refractivity contribution in [3.05, 3.63) is 29.8 Å². The summed E-state index contributed by atoms with van der Waals surface area (Å²) in [4.78, 5) is 10.2. The molecule has 0 aliphatic heterocycles. The van der Waals surface area contributed by atoms with Gasteiger partial charge < -0.3 is 15.3 Å². The number of rotatable bonds is 1. The quantitative estimate of drug-likeness (QED) is 0.696. The minimum atomic E-state index is -1.18. The average Bonchev–Trinajstić information content (AvgIpc) is 2.06. The summed E-state index contributed by atoms with van der Waals surface area (Å²) in [5.74, 6) is -1.62. The molecule has 5 heteroatoms. The van der Waals surface area contributed by atoms with Crippen LogP contribution in [-0.4, -0.2) is 17.7 Å². The average molecular weight is 246 g/mol. The van der Waals surface area contributed by atoms with E-state index in [0.717, 1.165) is 0 Å². The second kappa shape index (κ2) is 8.56. The molecule has 0 aliphatic carbocycles. The molecule has 0 atom stereocenters. The summed E-state index contributed by atoms with van der Waals surface area (Å²) in [6, 6.07) is 5.54. The van der Waals surface area contributed by atoms with Crippen molar-refractivity contribution in [1.82, 2.24) is 0 Å². The van der Waals surface area contributed by atoms with Crippen molar-refractivity contribution in [3.8, 4) is 5.75 Å². The minimum Gasteiger partial charge on any atom is -0.872 e. The van der Waals surface area contributed by atoms with Crippen LogP contribution in [0.4, 0.5) is 0 Å². The molecule has 1 rings (SSSR count). The number of carboxylic acids is 1. The van der Waals surface area contributed by atoms with E-state index in [4.69, 9.17) is 10.2 Å². The summed E-state index contributed by atoms with van der Waals surface area (Å²) in [6.07, 6.45) is 0. The zero-order chi connectivity index (χ0) is 10.3. The van der Waals surface area contributed by atoms with Gasteiger partial charge in [0.1, 0.15) is 0 Å². The van der Waals surface area contributed by atoms with Gasteiger partial charge in [-0.15, -0.1) is 6.61 Å². The van der Waals surface area contributed by atoms with Crippen LogP contribution in [0.3, 0.4) is 0 Å². The molecule has 0 bridgehead atoms. The number of aromatic carboxylic acids is 1. The number of carbonyl (C=O) groups is 1. The zero-order valence-corrected chi connectivity index (χ0v) is 8.43. The van der Waals surface area contributed by atoms with E-state index in [1.165, 1.54) is 24.3 Å². The molecule has 14 heavy (non-hydrogen) atoms. The van der Waals surface area contributed by atoms with E-state index in [-0.39, 0.29) is 29.2 Å². The molecule has 0 heterocycles. The van der Waals surface area contributed by atoms with Gasteiger partial charge >= 0.3 is 23.0 Å². The Bertz CT molecular complexity index is 275. The Morgan fingerprint density at radius 2 is 1.86 bits per heavy atom. The number of hydrogen-bond donors (Lipinski definition) is 1. The first-order valence-electron chi connectivity index (χ1n) is 3.70. The first-order chi connectivity index (χ1) is 6.13. The predicted octanol–water partition coefficient (Wildman–Crippen LogP) is -0.178. The van der Waals surface area contributed by atoms with Gasteiger partial charge in [0.15, 0.2) is 0 Å². The maximum absolute atomic E-state index is 10.7. The smallest absolute Gasteiger partial charge is 0.872 e. The molecule has 0 saturated heterocycles. The van der Waals surface area contributed by atoms with E-state index in [1.54, 1.807) is 6.92 Å². The molecule has 0 saturated carbocycles. The number of carboxylic acid groups (broad SMARTS) is 1. The summed E-state index contributed by atoms with van der Waals surface area (Å²) >= 11 is 0. The van der Waals surface area contributed by atoms with E-state index < -0.39 is 11.7 Å². The fourth-order valence-corrected chi connectivity index (χ4v) is 0.643. The van der Waals surface area contributed by atoms with Crippen LogP contribution in [0, 0.1) is 0 Å². The van der Waals surface area contributed by atoms with Crippen LogP contribution < -0.4 is 10.2 Å². The third-order valence-corrected chi connectivity index (χ3v) is 1.12. The SMILES string of the molecule is CC[O-].O=C(O)c1ccccc1[O-].[Cu+2]. The van der Waals surface area contributed by atoms with Gasteiger partial charge in [0.25, 0.3) is 0 Å². The van der Waals surface area contributed by atoms with Gasteiger partial charge in [-0.05, 0) is 6.07 Å². The summed E-state index contributed by atoms with van der Waals surface area (Å²) < 4.78 is 0. The van der Waals surface area contributed by atoms with Gasteiger partial charge in [0.2, 0.25) is 0 Å². The van der Waals surface area contributed by atoms with Gasteiger partial charge in [0.05, 0.1) is 5.56 Å². The molecule has 0 aliphatic rings. The first-order valence-corrected chi connectivity index (χ1v) is 3.70. The van der Waals surface area contributed by atoms with Crippen molar-refractivity contribution in [2.24, 2.45) is 0 Å². The molecule has 1 aromatic rings. The molecular formula is C9H10CuO4. The Balaban J connectivity index is 0. The molecule has 1 aromatic carbocycles. The topological polar surface area (TPSA) is 83.4 Å². The number of para-hydroxylation sites is 1. The zero-order valence-electron chi connectivity index (χ0n) is 7.49. The van der Waals surface area contributed by atoms with Gasteiger partial charge in [0, 0.05) is 0 Å². The summed E-state index contributed by atoms with van der Waals surface area (Å²) in [5.41, 5.74) is -0.178. The van der Waals surface area contributed by atoms with Crippen molar-refractivity contribution < 1.29 is 37.2 Å². The second-order valence-electron chi connectivity index (χ2n) is 2.09. The molecular weight excluding hydrogens is 236 g/mol. The maximum atomic E-state index is 10.7. The van der Waals surface area contributed by atoms with E-state index >= 15 is 0 Å². The van der Waals surface area contributed by atoms with Crippen molar-refractivity contribution >= 4 is 5.97 Å². The predicted molar refractivity (Wildman–Crippen MR) is 43.4 cm³/mol. The van der Waals surface area contributed by atoms with E-state index in [0.29, 0.717) is 0 Å². The molecule has 0 amide bonds. The van der Waals surface area contributed by atoms with Gasteiger partial charge in [-0.2, -0.15) is 0 Å². The van der Waals surface area contributed by atoms with Crippen LogP contribution in [0.15, 0.2) is 24.3 Å². The Labute approximate surface area is 92.7 Å². The fourth-order valence-electron chi connectivity index (χ4n) is 0.643. The number of hydrogen-bond acceptors (Lipinski definition) is 3. The monoisotopic (exact) mass is 245 g/mol. The molecule has 81 valence electrons. The molecule has 0 unspecified atom stereocenters. The Kier molecular flexibility index (Phi) is 9.44. The largest absolute Gasteiger partial charge is 2.00 e. The van der Waals surface area contributed by atoms with E-state index in [9.17, 15) is 9.90 Å². The van der Waals surface area contributed by atoms with Gasteiger partial charge in [-0.1, -0.05) is 30.9 Å². The van der Waals surface area contributed by atoms with Crippen LogP contribution in [0.2, 0.25) is 0 Å². The standard InChI is InChI=1S/C7H6O3.C2H5O.Cu/c8-6-4-2-1-3-5(6)7(9)10;1-2-3;/h1-4,8H,(H,9,10);2H2,1H3;/q;-1;+2/p-1. The van der Waals surface area contributed by atoms with Crippen molar-refractivity contribution in [1.29, 1.82) is 0 Å². The van der Waals surface area contributed by atoms with Crippen LogP contribution >= 0.6 is 0 Å². The van der Waals surface area contributed by atoms with Gasteiger partial charge in [-0.3, -0.25) is 0 Å². The van der Waals surface area contributed by atoms with Crippen molar-refractivity contribution in [2.45, 2.75) is 6.92 Å². The first kappa shape index (κ1) is 15.4. The molecule has 4 nitrogen and oxygen atoms in total. The fraction of sp³-hybridized carbons (Fsp3) is 0.222. The summed E-state index contributed by atoms with van der Waals surface area (Å²) in [6.45, 7) is 1.57. The normalized spacial score (nSPS) is 7.86. The third kappa shape index (κ3) is 5.59. The molecule has 0 aromatic heterocycles. The van der Waals surface area contributed by atoms with Crippen molar-refractivity contribution in [2.75, 3.05) is 6.61 Å². The minimum absolute atomic E-state index is 0. The Morgan fingerprint density at radius 3 is 2.14 bits per heavy atom. The Hall–Kier alpha value is -1.03. The van der Waals surface area contributed by atoms with Crippen LogP contribution in [0.25, 0.3) is 0 Å². The van der Waals surface area contributed by atoms with E-state index in [1.807, 2.05) is 0 Å². The Morgan fingerprint density at radius 1 is 1.43 bits per heavy atom. The van der Waals surface area contributed by atoms with Crippen LogP contribution in [0.5, 0.6) is 5.75 Å². The van der Waals surface area contributed by atoms with Gasteiger partial charge in [-0.25, -0.2) is 4.79 Å². The maximum Gasteiger partial charge on any atom is 2.00 e. The van der Waals surface area contributed by atoms with Crippen LogP contribution in [-0.2, 0) is 17.1 Å². The second-order valence-corrected chi connectivity index (χ2v) is 2.09. The summed E-state index contributed by atoms with van der Waals surface area (Å²) in [5, 5.41) is 28.0. The van der Waals surface area contributed by atoms with Crippen molar-refractivity contribution in [3.63, 3.8) is 0 Å². The van der Waals surface area contributed by atoms with E-state index in [2.05, 4.69) is 0 Å². The molecule has 1 radical (unpaired) electrons. The summed E-state index contributed by atoms with van der Waals surface area (Å²) in [7, 11) is 0.